The van der Waals surface area contributed by atoms with Gasteiger partial charge < -0.3 is 14.7 Å². The number of anilines is 1. The monoisotopic (exact) mass is 453 g/mol. The predicted molar refractivity (Wildman–Crippen MR) is 108 cm³/mol. The van der Waals surface area contributed by atoms with Crippen molar-refractivity contribution in [1.82, 2.24) is 20.1 Å². The first-order valence-corrected chi connectivity index (χ1v) is 9.79. The van der Waals surface area contributed by atoms with Crippen molar-refractivity contribution in [3.8, 4) is 16.5 Å². The van der Waals surface area contributed by atoms with Crippen LogP contribution in [0.2, 0.25) is 0 Å². The first-order chi connectivity index (χ1) is 14.7. The molecule has 0 aliphatic heterocycles. The van der Waals surface area contributed by atoms with Crippen molar-refractivity contribution in [1.29, 1.82) is 0 Å². The van der Waals surface area contributed by atoms with Gasteiger partial charge >= 0.3 is 12.2 Å². The van der Waals surface area contributed by atoms with Gasteiger partial charge in [0.15, 0.2) is 5.01 Å². The second-order valence-corrected chi connectivity index (χ2v) is 7.40. The van der Waals surface area contributed by atoms with E-state index in [-0.39, 0.29) is 24.0 Å². The summed E-state index contributed by atoms with van der Waals surface area (Å²) in [5.41, 5.74) is -0.163. The van der Waals surface area contributed by atoms with Crippen LogP contribution in [-0.2, 0) is 6.18 Å². The molecule has 164 valence electrons. The highest BCUT2D eigenvalue weighted by Crippen LogP contribution is 2.30. The highest BCUT2D eigenvalue weighted by atomic mass is 32.1. The van der Waals surface area contributed by atoms with Gasteiger partial charge in [-0.25, -0.2) is 4.79 Å². The number of rotatable bonds is 7. The summed E-state index contributed by atoms with van der Waals surface area (Å²) in [7, 11) is 1.47. The third-order valence-corrected chi connectivity index (χ3v) is 4.84. The zero-order valence-corrected chi connectivity index (χ0v) is 17.0. The van der Waals surface area contributed by atoms with Crippen LogP contribution in [-0.4, -0.2) is 57.5 Å². The van der Waals surface area contributed by atoms with Gasteiger partial charge in [0.05, 0.1) is 12.1 Å². The number of urea groups is 1. The Hall–Kier alpha value is -3.25. The van der Waals surface area contributed by atoms with Crippen LogP contribution in [0.25, 0.3) is 10.7 Å². The van der Waals surface area contributed by atoms with Crippen molar-refractivity contribution in [3.05, 3.63) is 54.2 Å². The summed E-state index contributed by atoms with van der Waals surface area (Å²) in [6.07, 6.45) is -3.87. The lowest BCUT2D eigenvalue weighted by Gasteiger charge is -2.21. The lowest BCUT2D eigenvalue weighted by molar-refractivity contribution is -0.137. The molecule has 0 radical (unpaired) electrons. The van der Waals surface area contributed by atoms with E-state index in [1.165, 1.54) is 24.1 Å². The predicted octanol–water partition coefficient (Wildman–Crippen LogP) is 3.52. The molecule has 12 heteroatoms. The lowest BCUT2D eigenvalue weighted by atomic mass is 10.2. The summed E-state index contributed by atoms with van der Waals surface area (Å²) < 4.78 is 43.0. The van der Waals surface area contributed by atoms with Gasteiger partial charge in [0.2, 0.25) is 5.13 Å². The van der Waals surface area contributed by atoms with Crippen molar-refractivity contribution in [2.75, 3.05) is 25.5 Å². The number of hydrogen-bond acceptors (Lipinski definition) is 7. The summed E-state index contributed by atoms with van der Waals surface area (Å²) in [6.45, 7) is -0.274. The molecular formula is C19H18F3N5O3S. The molecule has 3 rings (SSSR count). The smallest absolute Gasteiger partial charge is 0.416 e. The summed E-state index contributed by atoms with van der Waals surface area (Å²) >= 11 is 1.15. The summed E-state index contributed by atoms with van der Waals surface area (Å²) in [5, 5.41) is 21.3. The maximum Gasteiger partial charge on any atom is 0.416 e. The number of aromatic nitrogens is 3. The minimum absolute atomic E-state index is 0.0711. The molecule has 2 aromatic heterocycles. The molecule has 0 aliphatic carbocycles. The van der Waals surface area contributed by atoms with Crippen molar-refractivity contribution < 1.29 is 27.8 Å². The number of alkyl halides is 3. The largest absolute Gasteiger partial charge is 0.491 e. The Morgan fingerprint density at radius 1 is 1.23 bits per heavy atom. The number of carbonyl (C=O) groups is 1. The molecule has 1 atom stereocenters. The number of hydrogen-bond donors (Lipinski definition) is 2. The van der Waals surface area contributed by atoms with E-state index < -0.39 is 23.9 Å². The molecule has 2 N–H and O–H groups in total. The van der Waals surface area contributed by atoms with Crippen molar-refractivity contribution >= 4 is 22.5 Å². The van der Waals surface area contributed by atoms with Gasteiger partial charge in [-0.2, -0.15) is 13.2 Å². The van der Waals surface area contributed by atoms with E-state index in [1.807, 2.05) is 6.07 Å². The highest BCUT2D eigenvalue weighted by molar-refractivity contribution is 7.18. The molecular weight excluding hydrogens is 435 g/mol. The number of nitrogens with one attached hydrogen (secondary N) is 1. The number of likely N-dealkylation sites (N-methyl/N-ethyl adjacent to an activating group) is 1. The number of carbonyl (C=O) groups excluding carboxylic acids is 1. The lowest BCUT2D eigenvalue weighted by Crippen LogP contribution is -2.39. The minimum Gasteiger partial charge on any atom is -0.491 e. The van der Waals surface area contributed by atoms with Gasteiger partial charge in [-0.05, 0) is 36.4 Å². The molecule has 31 heavy (non-hydrogen) atoms. The van der Waals surface area contributed by atoms with Gasteiger partial charge in [-0.3, -0.25) is 10.3 Å². The van der Waals surface area contributed by atoms with Crippen LogP contribution in [0.1, 0.15) is 5.56 Å². The van der Waals surface area contributed by atoms with Crippen molar-refractivity contribution in [2.24, 2.45) is 0 Å². The highest BCUT2D eigenvalue weighted by Gasteiger charge is 2.30. The summed E-state index contributed by atoms with van der Waals surface area (Å²) in [6, 6.07) is 8.95. The molecule has 3 aromatic rings. The van der Waals surface area contributed by atoms with Gasteiger partial charge in [0.25, 0.3) is 0 Å². The average molecular weight is 453 g/mol. The Labute approximate surface area is 179 Å². The third-order valence-electron chi connectivity index (χ3n) is 3.98. The molecule has 0 spiro atoms. The zero-order chi connectivity index (χ0) is 22.4. The topological polar surface area (TPSA) is 100 Å². The maximum atomic E-state index is 12.6. The summed E-state index contributed by atoms with van der Waals surface area (Å²) in [5.74, 6) is 0.176. The Bertz CT molecular complexity index is 999. The molecule has 1 aromatic carbocycles. The number of halogens is 3. The van der Waals surface area contributed by atoms with E-state index in [4.69, 9.17) is 4.74 Å². The van der Waals surface area contributed by atoms with Crippen molar-refractivity contribution in [3.63, 3.8) is 0 Å². The fraction of sp³-hybridized carbons (Fsp3) is 0.263. The number of benzene rings is 1. The van der Waals surface area contributed by atoms with E-state index in [2.05, 4.69) is 20.5 Å². The molecule has 0 saturated carbocycles. The van der Waals surface area contributed by atoms with Gasteiger partial charge in [0, 0.05) is 13.2 Å². The molecule has 0 saturated heterocycles. The molecule has 2 heterocycles. The van der Waals surface area contributed by atoms with Gasteiger partial charge in [-0.15, -0.1) is 10.2 Å². The Kier molecular flexibility index (Phi) is 7.02. The van der Waals surface area contributed by atoms with E-state index in [1.54, 1.807) is 18.3 Å². The fourth-order valence-corrected chi connectivity index (χ4v) is 3.15. The van der Waals surface area contributed by atoms with E-state index in [0.29, 0.717) is 10.7 Å². The van der Waals surface area contributed by atoms with Crippen LogP contribution in [0.5, 0.6) is 5.75 Å². The minimum atomic E-state index is -4.43. The SMILES string of the molecule is CN(CC(O)COc1ccc(C(F)(F)F)cc1)C(=O)Nc1nnc(-c2ccccn2)s1. The first-order valence-electron chi connectivity index (χ1n) is 8.97. The number of aliphatic hydroxyl groups excluding tert-OH is 1. The van der Waals surface area contributed by atoms with Crippen LogP contribution in [0, 0.1) is 0 Å². The van der Waals surface area contributed by atoms with Crippen LogP contribution >= 0.6 is 11.3 Å². The quantitative estimate of drug-likeness (QED) is 0.568. The summed E-state index contributed by atoms with van der Waals surface area (Å²) in [4.78, 5) is 17.7. The van der Waals surface area contributed by atoms with Crippen molar-refractivity contribution in [2.45, 2.75) is 12.3 Å². The Morgan fingerprint density at radius 2 is 1.97 bits per heavy atom. The zero-order valence-electron chi connectivity index (χ0n) is 16.2. The van der Waals surface area contributed by atoms with Crippen LogP contribution < -0.4 is 10.1 Å². The normalized spacial score (nSPS) is 12.3. The maximum absolute atomic E-state index is 12.6. The fourth-order valence-electron chi connectivity index (χ4n) is 2.44. The molecule has 1 unspecified atom stereocenters. The third kappa shape index (κ3) is 6.36. The van der Waals surface area contributed by atoms with Crippen LogP contribution in [0.15, 0.2) is 48.7 Å². The van der Waals surface area contributed by atoms with Gasteiger partial charge in [-0.1, -0.05) is 17.4 Å². The molecule has 8 nitrogen and oxygen atoms in total. The Morgan fingerprint density at radius 3 is 2.61 bits per heavy atom. The molecule has 0 aliphatic rings. The van der Waals surface area contributed by atoms with E-state index in [0.717, 1.165) is 23.5 Å². The van der Waals surface area contributed by atoms with Crippen LogP contribution in [0.4, 0.5) is 23.1 Å². The molecule has 0 bridgehead atoms. The average Bonchev–Trinajstić information content (AvgIpc) is 3.21. The standard InChI is InChI=1S/C19H18F3N5O3S/c1-27(10-13(28)11-30-14-7-5-12(6-8-14)19(20,21)22)18(29)24-17-26-25-16(31-17)15-4-2-3-9-23-15/h2-9,13,28H,10-11H2,1H3,(H,24,26,29). The van der Waals surface area contributed by atoms with E-state index >= 15 is 0 Å². The Balaban J connectivity index is 1.46. The number of ether oxygens (including phenoxy) is 1. The molecule has 0 fully saturated rings. The number of pyridine rings is 1. The van der Waals surface area contributed by atoms with Gasteiger partial charge in [0.1, 0.15) is 24.2 Å². The second kappa shape index (κ2) is 9.71. The number of nitrogens with zero attached hydrogens (tertiary/aromatic N) is 4. The van der Waals surface area contributed by atoms with Crippen LogP contribution in [0.3, 0.4) is 0 Å². The molecule has 2 amide bonds. The second-order valence-electron chi connectivity index (χ2n) is 6.42. The van der Waals surface area contributed by atoms with E-state index in [9.17, 15) is 23.1 Å². The number of amides is 2. The number of aliphatic hydroxyl groups is 1. The first kappa shape index (κ1) is 22.4.